The van der Waals surface area contributed by atoms with Gasteiger partial charge in [0.05, 0.1) is 6.10 Å². The summed E-state index contributed by atoms with van der Waals surface area (Å²) in [5.41, 5.74) is 0.497. The summed E-state index contributed by atoms with van der Waals surface area (Å²) in [5.74, 6) is 1.54. The van der Waals surface area contributed by atoms with E-state index < -0.39 is 0 Å². The van der Waals surface area contributed by atoms with E-state index in [0.717, 1.165) is 71.0 Å². The summed E-state index contributed by atoms with van der Waals surface area (Å²) in [4.78, 5) is 24.6. The number of unbranched alkanes of at least 4 members (excludes halogenated alkanes) is 1. The van der Waals surface area contributed by atoms with E-state index in [2.05, 4.69) is 51.6 Å². The van der Waals surface area contributed by atoms with Gasteiger partial charge in [0.1, 0.15) is 11.4 Å². The minimum atomic E-state index is -0.213. The highest BCUT2D eigenvalue weighted by Gasteiger charge is 2.24. The smallest absolute Gasteiger partial charge is 0.256 e. The predicted octanol–water partition coefficient (Wildman–Crippen LogP) is 3.25. The Morgan fingerprint density at radius 1 is 1.19 bits per heavy atom. The van der Waals surface area contributed by atoms with Crippen molar-refractivity contribution in [1.82, 2.24) is 20.2 Å². The molecule has 32 heavy (non-hydrogen) atoms. The van der Waals surface area contributed by atoms with Crippen LogP contribution >= 0.6 is 0 Å². The molecule has 0 unspecified atom stereocenters. The van der Waals surface area contributed by atoms with Crippen LogP contribution in [0, 0.1) is 5.92 Å². The monoisotopic (exact) mass is 446 g/mol. The van der Waals surface area contributed by atoms with Crippen LogP contribution in [-0.2, 0) is 0 Å². The fourth-order valence-corrected chi connectivity index (χ4v) is 4.54. The average molecular weight is 447 g/mol. The molecule has 180 valence electrons. The Morgan fingerprint density at radius 3 is 2.56 bits per heavy atom. The van der Waals surface area contributed by atoms with Gasteiger partial charge < -0.3 is 26.0 Å². The summed E-state index contributed by atoms with van der Waals surface area (Å²) in [5, 5.41) is 19.7. The van der Waals surface area contributed by atoms with Crippen LogP contribution in [0.5, 0.6) is 0 Å². The van der Waals surface area contributed by atoms with Gasteiger partial charge >= 0.3 is 0 Å². The molecule has 0 bridgehead atoms. The molecular weight excluding hydrogens is 404 g/mol. The number of nitrogens with one attached hydrogen (secondary N) is 3. The molecule has 0 atom stereocenters. The zero-order chi connectivity index (χ0) is 22.9. The summed E-state index contributed by atoms with van der Waals surface area (Å²) < 4.78 is 0. The van der Waals surface area contributed by atoms with Gasteiger partial charge in [-0.25, -0.2) is 4.98 Å². The Kier molecular flexibility index (Phi) is 9.53. The van der Waals surface area contributed by atoms with E-state index in [9.17, 15) is 9.90 Å². The van der Waals surface area contributed by atoms with E-state index in [1.54, 1.807) is 6.20 Å². The predicted molar refractivity (Wildman–Crippen MR) is 129 cm³/mol. The first-order chi connectivity index (χ1) is 15.5. The highest BCUT2D eigenvalue weighted by molar-refractivity contribution is 5.98. The van der Waals surface area contributed by atoms with Crippen LogP contribution in [0.1, 0.15) is 82.5 Å². The normalized spacial score (nSPS) is 22.7. The van der Waals surface area contributed by atoms with Crippen LogP contribution in [0.25, 0.3) is 0 Å². The second kappa shape index (κ2) is 12.3. The van der Waals surface area contributed by atoms with Gasteiger partial charge in [0.15, 0.2) is 0 Å². The molecule has 1 saturated heterocycles. The number of nitrogens with zero attached hydrogens (tertiary/aromatic N) is 3. The van der Waals surface area contributed by atoms with Gasteiger partial charge in [-0.15, -0.1) is 0 Å². The van der Waals surface area contributed by atoms with Crippen molar-refractivity contribution in [2.24, 2.45) is 5.92 Å². The van der Waals surface area contributed by atoms with Crippen molar-refractivity contribution in [2.45, 2.75) is 90.3 Å². The lowest BCUT2D eigenvalue weighted by Gasteiger charge is -2.34. The number of aliphatic hydroxyl groups is 1. The molecule has 0 radical (unpaired) electrons. The second-order valence-electron chi connectivity index (χ2n) is 9.67. The highest BCUT2D eigenvalue weighted by atomic mass is 16.3. The molecule has 1 amide bonds. The number of likely N-dealkylation sites (tertiary alicyclic amines) is 1. The van der Waals surface area contributed by atoms with Crippen LogP contribution in [0.15, 0.2) is 6.20 Å². The van der Waals surface area contributed by atoms with Crippen molar-refractivity contribution < 1.29 is 9.90 Å². The lowest BCUT2D eigenvalue weighted by molar-refractivity contribution is 0.0929. The van der Waals surface area contributed by atoms with Gasteiger partial charge in [-0.3, -0.25) is 4.79 Å². The Bertz CT molecular complexity index is 712. The van der Waals surface area contributed by atoms with Gasteiger partial charge in [-0.1, -0.05) is 13.3 Å². The van der Waals surface area contributed by atoms with Crippen LogP contribution in [0.3, 0.4) is 0 Å². The molecule has 1 saturated carbocycles. The fraction of sp³-hybridized carbons (Fsp3) is 0.792. The molecule has 3 rings (SSSR count). The van der Waals surface area contributed by atoms with Crippen LogP contribution in [-0.4, -0.2) is 70.2 Å². The van der Waals surface area contributed by atoms with E-state index in [1.807, 2.05) is 0 Å². The van der Waals surface area contributed by atoms with Gasteiger partial charge in [0.2, 0.25) is 5.95 Å². The standard InChI is InChI=1S/C24H42N6O2/c1-4-5-12-25-24-27-16-21(22(29-24)28-19-6-8-20(31)9-7-19)23(32)26-15-18-10-13-30(14-11-18)17(2)3/h16-20,31H,4-15H2,1-3H3,(H,26,32)(H2,25,27,28,29). The molecule has 2 heterocycles. The van der Waals surface area contributed by atoms with Crippen molar-refractivity contribution in [3.8, 4) is 0 Å². The molecular formula is C24H42N6O2. The molecule has 8 nitrogen and oxygen atoms in total. The number of carbonyl (C=O) groups is 1. The largest absolute Gasteiger partial charge is 0.393 e. The van der Waals surface area contributed by atoms with Gasteiger partial charge in [-0.2, -0.15) is 4.98 Å². The molecule has 2 aliphatic rings. The summed E-state index contributed by atoms with van der Waals surface area (Å²) in [6.45, 7) is 10.3. The number of aromatic nitrogens is 2. The molecule has 1 aliphatic carbocycles. The molecule has 4 N–H and O–H groups in total. The Balaban J connectivity index is 1.61. The molecule has 1 aliphatic heterocycles. The Morgan fingerprint density at radius 2 is 1.91 bits per heavy atom. The van der Waals surface area contributed by atoms with E-state index in [-0.39, 0.29) is 18.1 Å². The van der Waals surface area contributed by atoms with Crippen LogP contribution < -0.4 is 16.0 Å². The minimum Gasteiger partial charge on any atom is -0.393 e. The van der Waals surface area contributed by atoms with Crippen molar-refractivity contribution in [2.75, 3.05) is 36.8 Å². The maximum absolute atomic E-state index is 13.0. The van der Waals surface area contributed by atoms with Crippen LogP contribution in [0.2, 0.25) is 0 Å². The van der Waals surface area contributed by atoms with Gasteiger partial charge in [0, 0.05) is 31.4 Å². The third kappa shape index (κ3) is 7.30. The second-order valence-corrected chi connectivity index (χ2v) is 9.67. The number of anilines is 2. The topological polar surface area (TPSA) is 102 Å². The lowest BCUT2D eigenvalue weighted by Crippen LogP contribution is -2.41. The van der Waals surface area contributed by atoms with Crippen molar-refractivity contribution in [3.63, 3.8) is 0 Å². The van der Waals surface area contributed by atoms with Crippen molar-refractivity contribution in [1.29, 1.82) is 0 Å². The van der Waals surface area contributed by atoms with E-state index in [1.165, 1.54) is 0 Å². The van der Waals surface area contributed by atoms with E-state index in [4.69, 9.17) is 0 Å². The zero-order valence-corrected chi connectivity index (χ0v) is 20.1. The average Bonchev–Trinajstić information content (AvgIpc) is 2.79. The number of carbonyl (C=O) groups excluding carboxylic acids is 1. The molecule has 8 heteroatoms. The molecule has 1 aromatic rings. The molecule has 2 fully saturated rings. The third-order valence-corrected chi connectivity index (χ3v) is 6.82. The first kappa shape index (κ1) is 24.7. The van der Waals surface area contributed by atoms with Gasteiger partial charge in [0.25, 0.3) is 5.91 Å². The summed E-state index contributed by atoms with van der Waals surface area (Å²) in [6, 6.07) is 0.797. The summed E-state index contributed by atoms with van der Waals surface area (Å²) >= 11 is 0. The SMILES string of the molecule is CCCCNc1ncc(C(=O)NCC2CCN(C(C)C)CC2)c(NC2CCC(O)CC2)n1. The Labute approximate surface area is 193 Å². The minimum absolute atomic E-state index is 0.116. The van der Waals surface area contributed by atoms with Crippen molar-refractivity contribution >= 4 is 17.7 Å². The molecule has 0 spiro atoms. The molecule has 0 aromatic carbocycles. The number of hydrogen-bond acceptors (Lipinski definition) is 7. The van der Waals surface area contributed by atoms with E-state index >= 15 is 0 Å². The number of piperidine rings is 1. The number of rotatable bonds is 10. The zero-order valence-electron chi connectivity index (χ0n) is 20.1. The maximum atomic E-state index is 13.0. The number of hydrogen-bond donors (Lipinski definition) is 4. The quantitative estimate of drug-likeness (QED) is 0.409. The lowest BCUT2D eigenvalue weighted by atomic mass is 9.93. The highest BCUT2D eigenvalue weighted by Crippen LogP contribution is 2.24. The van der Waals surface area contributed by atoms with E-state index in [0.29, 0.717) is 35.8 Å². The molecule has 1 aromatic heterocycles. The first-order valence-corrected chi connectivity index (χ1v) is 12.5. The Hall–Kier alpha value is -1.93. The van der Waals surface area contributed by atoms with Crippen molar-refractivity contribution in [3.05, 3.63) is 11.8 Å². The van der Waals surface area contributed by atoms with Crippen LogP contribution in [0.4, 0.5) is 11.8 Å². The third-order valence-electron chi connectivity index (χ3n) is 6.82. The summed E-state index contributed by atoms with van der Waals surface area (Å²) in [7, 11) is 0. The van der Waals surface area contributed by atoms with Gasteiger partial charge in [-0.05, 0) is 77.8 Å². The first-order valence-electron chi connectivity index (χ1n) is 12.5. The fourth-order valence-electron chi connectivity index (χ4n) is 4.54. The number of amides is 1. The maximum Gasteiger partial charge on any atom is 0.256 e. The summed E-state index contributed by atoms with van der Waals surface area (Å²) in [6.07, 6.45) is 9.10. The number of aliphatic hydroxyl groups excluding tert-OH is 1.